The van der Waals surface area contributed by atoms with Gasteiger partial charge in [-0.2, -0.15) is 4.98 Å². The Morgan fingerprint density at radius 2 is 1.85 bits per heavy atom. The summed E-state index contributed by atoms with van der Waals surface area (Å²) in [5, 5.41) is 6.81. The minimum atomic E-state index is -0.368. The Morgan fingerprint density at radius 3 is 2.62 bits per heavy atom. The molecule has 0 aliphatic carbocycles. The average Bonchev–Trinajstić information content (AvgIpc) is 3.51. The molecule has 168 valence electrons. The molecule has 0 spiro atoms. The lowest BCUT2D eigenvalue weighted by Gasteiger charge is -2.07. The Balaban J connectivity index is 1.23. The van der Waals surface area contributed by atoms with Gasteiger partial charge in [-0.15, -0.1) is 0 Å². The summed E-state index contributed by atoms with van der Waals surface area (Å²) in [5.74, 6) is 0.0116. The molecule has 0 saturated carbocycles. The molecule has 5 aromatic rings. The molecule has 7 nitrogen and oxygen atoms in total. The van der Waals surface area contributed by atoms with Crippen molar-refractivity contribution in [2.75, 3.05) is 5.32 Å². The molecule has 0 bridgehead atoms. The van der Waals surface area contributed by atoms with Gasteiger partial charge in [0.25, 0.3) is 11.8 Å². The van der Waals surface area contributed by atoms with E-state index in [1.807, 2.05) is 41.0 Å². The van der Waals surface area contributed by atoms with Crippen LogP contribution in [0.3, 0.4) is 0 Å². The predicted molar refractivity (Wildman–Crippen MR) is 129 cm³/mol. The lowest BCUT2D eigenvalue weighted by atomic mass is 10.2. The van der Waals surface area contributed by atoms with E-state index in [2.05, 4.69) is 36.4 Å². The molecule has 5 rings (SSSR count). The van der Waals surface area contributed by atoms with E-state index in [-0.39, 0.29) is 17.6 Å². The number of hydrogen-bond acceptors (Lipinski definition) is 5. The summed E-state index contributed by atoms with van der Waals surface area (Å²) in [7, 11) is 0. The third-order valence-corrected chi connectivity index (χ3v) is 5.57. The Labute approximate surface area is 202 Å². The predicted octanol–water partition coefficient (Wildman–Crippen LogP) is 5.80. The Hall–Kier alpha value is -4.11. The van der Waals surface area contributed by atoms with Crippen LogP contribution in [-0.2, 0) is 6.54 Å². The van der Waals surface area contributed by atoms with Gasteiger partial charge in [0.05, 0.1) is 6.33 Å². The smallest absolute Gasteiger partial charge is 0.278 e. The second-order valence-corrected chi connectivity index (χ2v) is 8.44. The summed E-state index contributed by atoms with van der Waals surface area (Å²) in [4.78, 5) is 21.0. The zero-order valence-corrected chi connectivity index (χ0v) is 19.2. The quantitative estimate of drug-likeness (QED) is 0.307. The molecule has 0 aliphatic rings. The number of aromatic nitrogens is 4. The fourth-order valence-electron chi connectivity index (χ4n) is 3.34. The average molecular weight is 518 g/mol. The number of carbonyl (C=O) groups is 1. The maximum atomic E-state index is 13.4. The number of amides is 1. The Kier molecular flexibility index (Phi) is 6.01. The van der Waals surface area contributed by atoms with Crippen LogP contribution in [0, 0.1) is 5.82 Å². The number of imidazole rings is 1. The number of nitrogens with zero attached hydrogens (tertiary/aromatic N) is 4. The monoisotopic (exact) mass is 517 g/mol. The topological polar surface area (TPSA) is 85.8 Å². The Bertz CT molecular complexity index is 1440. The van der Waals surface area contributed by atoms with Crippen molar-refractivity contribution in [3.63, 3.8) is 0 Å². The van der Waals surface area contributed by atoms with Gasteiger partial charge >= 0.3 is 0 Å². The van der Waals surface area contributed by atoms with Crippen molar-refractivity contribution in [2.24, 2.45) is 0 Å². The molecule has 3 aromatic carbocycles. The van der Waals surface area contributed by atoms with Crippen LogP contribution in [0.1, 0.15) is 15.9 Å². The molecule has 9 heteroatoms. The normalized spacial score (nSPS) is 10.9. The van der Waals surface area contributed by atoms with Gasteiger partial charge in [-0.1, -0.05) is 45.4 Å². The van der Waals surface area contributed by atoms with Crippen LogP contribution in [0.5, 0.6) is 0 Å². The number of carbonyl (C=O) groups excluding carboxylic acids is 1. The number of halogens is 2. The molecule has 0 unspecified atom stereocenters. The van der Waals surface area contributed by atoms with Crippen molar-refractivity contribution in [3.05, 3.63) is 107 Å². The molecule has 1 N–H and O–H groups in total. The zero-order valence-electron chi connectivity index (χ0n) is 17.7. The summed E-state index contributed by atoms with van der Waals surface area (Å²) in [5.41, 5.74) is 3.37. The van der Waals surface area contributed by atoms with E-state index in [4.69, 9.17) is 4.52 Å². The number of anilines is 1. The largest absolute Gasteiger partial charge is 0.332 e. The van der Waals surface area contributed by atoms with Gasteiger partial charge in [-0.3, -0.25) is 4.79 Å². The third-order valence-electron chi connectivity index (χ3n) is 5.04. The van der Waals surface area contributed by atoms with Crippen LogP contribution in [-0.4, -0.2) is 25.6 Å². The third kappa shape index (κ3) is 4.94. The Morgan fingerprint density at radius 1 is 1.06 bits per heavy atom. The van der Waals surface area contributed by atoms with E-state index in [0.29, 0.717) is 34.9 Å². The van der Waals surface area contributed by atoms with Crippen molar-refractivity contribution < 1.29 is 13.7 Å². The highest BCUT2D eigenvalue weighted by molar-refractivity contribution is 9.10. The molecular formula is C25H17BrFN5O2. The lowest BCUT2D eigenvalue weighted by Crippen LogP contribution is -2.11. The van der Waals surface area contributed by atoms with Crippen LogP contribution in [0.4, 0.5) is 10.1 Å². The molecule has 34 heavy (non-hydrogen) atoms. The summed E-state index contributed by atoms with van der Waals surface area (Å²) < 4.78 is 21.6. The van der Waals surface area contributed by atoms with Crippen LogP contribution in [0.25, 0.3) is 23.0 Å². The fourth-order valence-corrected chi connectivity index (χ4v) is 3.60. The van der Waals surface area contributed by atoms with Crippen molar-refractivity contribution in [1.82, 2.24) is 19.7 Å². The van der Waals surface area contributed by atoms with Crippen molar-refractivity contribution >= 4 is 27.5 Å². The fraction of sp³-hybridized carbons (Fsp3) is 0.0400. The lowest BCUT2D eigenvalue weighted by molar-refractivity contribution is 0.102. The summed E-state index contributed by atoms with van der Waals surface area (Å²) >= 11 is 3.36. The minimum absolute atomic E-state index is 0.170. The van der Waals surface area contributed by atoms with E-state index in [1.54, 1.807) is 36.8 Å². The van der Waals surface area contributed by atoms with Gasteiger partial charge in [-0.25, -0.2) is 9.37 Å². The van der Waals surface area contributed by atoms with Crippen molar-refractivity contribution in [1.29, 1.82) is 0 Å². The highest BCUT2D eigenvalue weighted by Gasteiger charge is 2.14. The first-order valence-corrected chi connectivity index (χ1v) is 11.1. The maximum Gasteiger partial charge on any atom is 0.278 e. The van der Waals surface area contributed by atoms with Crippen LogP contribution < -0.4 is 5.32 Å². The van der Waals surface area contributed by atoms with E-state index < -0.39 is 0 Å². The van der Waals surface area contributed by atoms with E-state index in [0.717, 1.165) is 10.0 Å². The molecule has 1 amide bonds. The molecule has 0 saturated heterocycles. The van der Waals surface area contributed by atoms with Crippen LogP contribution in [0.15, 0.2) is 94.3 Å². The summed E-state index contributed by atoms with van der Waals surface area (Å²) in [6, 6.07) is 20.8. The molecule has 0 fully saturated rings. The van der Waals surface area contributed by atoms with E-state index >= 15 is 0 Å². The summed E-state index contributed by atoms with van der Waals surface area (Å²) in [6.45, 7) is 0.568. The molecule has 0 aliphatic heterocycles. The zero-order chi connectivity index (χ0) is 23.5. The minimum Gasteiger partial charge on any atom is -0.332 e. The van der Waals surface area contributed by atoms with Gasteiger partial charge in [0.1, 0.15) is 11.5 Å². The van der Waals surface area contributed by atoms with E-state index in [1.165, 1.54) is 12.1 Å². The number of nitrogens with one attached hydrogen (secondary N) is 1. The molecule has 0 atom stereocenters. The maximum absolute atomic E-state index is 13.4. The number of rotatable bonds is 6. The molecular weight excluding hydrogens is 501 g/mol. The van der Waals surface area contributed by atoms with Gasteiger partial charge in [0.2, 0.25) is 5.82 Å². The van der Waals surface area contributed by atoms with Crippen LogP contribution in [0.2, 0.25) is 0 Å². The van der Waals surface area contributed by atoms with Gasteiger partial charge < -0.3 is 14.4 Å². The van der Waals surface area contributed by atoms with Gasteiger partial charge in [-0.05, 0) is 54.1 Å². The highest BCUT2D eigenvalue weighted by Crippen LogP contribution is 2.22. The SMILES string of the molecule is O=C(Nc1ccc(Cn2cnc(-c3nc(-c4cccc(F)c4)no3)c2)cc1)c1ccc(Br)cc1. The van der Waals surface area contributed by atoms with Crippen molar-refractivity contribution in [2.45, 2.75) is 6.54 Å². The molecule has 0 radical (unpaired) electrons. The molecule has 2 heterocycles. The standard InChI is InChI=1S/C25H17BrFN5O2/c26-19-8-6-17(7-9-19)24(33)29-21-10-4-16(5-11-21)13-32-14-22(28-15-32)25-30-23(31-34-25)18-2-1-3-20(27)12-18/h1-12,14-15H,13H2,(H,29,33). The van der Waals surface area contributed by atoms with E-state index in [9.17, 15) is 9.18 Å². The van der Waals surface area contributed by atoms with Crippen LogP contribution >= 0.6 is 15.9 Å². The number of hydrogen-bond donors (Lipinski definition) is 1. The number of benzene rings is 3. The highest BCUT2D eigenvalue weighted by atomic mass is 79.9. The first kappa shape index (κ1) is 21.7. The summed E-state index contributed by atoms with van der Waals surface area (Å²) in [6.07, 6.45) is 3.47. The second-order valence-electron chi connectivity index (χ2n) is 7.52. The first-order chi connectivity index (χ1) is 16.5. The van der Waals surface area contributed by atoms with Gasteiger partial charge in [0, 0.05) is 34.0 Å². The van der Waals surface area contributed by atoms with Gasteiger partial charge in [0.15, 0.2) is 0 Å². The molecule has 2 aromatic heterocycles. The van der Waals surface area contributed by atoms with Crippen molar-refractivity contribution in [3.8, 4) is 23.0 Å². The first-order valence-electron chi connectivity index (χ1n) is 10.3. The second kappa shape index (κ2) is 9.40.